The summed E-state index contributed by atoms with van der Waals surface area (Å²) in [5.74, 6) is 0.274. The SMILES string of the molecule is Nc1cnc(=Cc2ccccc2O)c(=Cc2ccccc2O)c1N. The zero-order valence-corrected chi connectivity index (χ0v) is 12.8. The van der Waals surface area contributed by atoms with Gasteiger partial charge in [-0.05, 0) is 24.3 Å². The monoisotopic (exact) mass is 319 g/mol. The molecule has 0 amide bonds. The first kappa shape index (κ1) is 15.4. The van der Waals surface area contributed by atoms with Crippen LogP contribution in [0.15, 0.2) is 54.7 Å². The smallest absolute Gasteiger partial charge is 0.122 e. The van der Waals surface area contributed by atoms with Gasteiger partial charge in [-0.2, -0.15) is 0 Å². The van der Waals surface area contributed by atoms with Crippen molar-refractivity contribution in [2.75, 3.05) is 11.5 Å². The molecule has 0 aliphatic rings. The van der Waals surface area contributed by atoms with Crippen LogP contribution in [-0.4, -0.2) is 15.2 Å². The fourth-order valence-corrected chi connectivity index (χ4v) is 2.36. The van der Waals surface area contributed by atoms with Crippen molar-refractivity contribution < 1.29 is 10.2 Å². The van der Waals surface area contributed by atoms with Crippen LogP contribution in [0.25, 0.3) is 12.2 Å². The summed E-state index contributed by atoms with van der Waals surface area (Å²) >= 11 is 0. The van der Waals surface area contributed by atoms with Crippen LogP contribution in [0.4, 0.5) is 11.4 Å². The van der Waals surface area contributed by atoms with Crippen LogP contribution in [0.3, 0.4) is 0 Å². The highest BCUT2D eigenvalue weighted by molar-refractivity contribution is 5.69. The summed E-state index contributed by atoms with van der Waals surface area (Å²) in [6.07, 6.45) is 4.92. The molecule has 0 radical (unpaired) electrons. The van der Waals surface area contributed by atoms with Gasteiger partial charge in [-0.1, -0.05) is 36.4 Å². The second-order valence-corrected chi connectivity index (χ2v) is 5.33. The molecule has 24 heavy (non-hydrogen) atoms. The molecule has 0 atom stereocenters. The van der Waals surface area contributed by atoms with Gasteiger partial charge in [-0.15, -0.1) is 0 Å². The lowest BCUT2D eigenvalue weighted by molar-refractivity contribution is 0.473. The maximum atomic E-state index is 9.98. The number of phenolic OH excluding ortho intramolecular Hbond substituents is 2. The van der Waals surface area contributed by atoms with E-state index in [1.807, 2.05) is 12.1 Å². The molecule has 1 heterocycles. The summed E-state index contributed by atoms with van der Waals surface area (Å²) in [5.41, 5.74) is 13.9. The molecule has 6 N–H and O–H groups in total. The van der Waals surface area contributed by atoms with E-state index in [4.69, 9.17) is 11.5 Å². The molecule has 0 saturated heterocycles. The molecule has 5 heteroatoms. The maximum Gasteiger partial charge on any atom is 0.122 e. The molecule has 3 rings (SSSR count). The highest BCUT2D eigenvalue weighted by Crippen LogP contribution is 2.17. The number of hydrogen-bond acceptors (Lipinski definition) is 5. The number of nitrogen functional groups attached to an aromatic ring is 2. The third kappa shape index (κ3) is 3.01. The van der Waals surface area contributed by atoms with E-state index in [2.05, 4.69) is 4.98 Å². The number of aromatic nitrogens is 1. The zero-order chi connectivity index (χ0) is 17.1. The lowest BCUT2D eigenvalue weighted by Gasteiger charge is -2.04. The molecule has 1 aromatic heterocycles. The van der Waals surface area contributed by atoms with Crippen molar-refractivity contribution in [2.24, 2.45) is 0 Å². The number of phenols is 2. The molecular weight excluding hydrogens is 302 g/mol. The molecule has 0 fully saturated rings. The van der Waals surface area contributed by atoms with Crippen molar-refractivity contribution >= 4 is 23.5 Å². The van der Waals surface area contributed by atoms with Gasteiger partial charge in [0.25, 0.3) is 0 Å². The Hall–Kier alpha value is -3.47. The number of rotatable bonds is 2. The highest BCUT2D eigenvalue weighted by atomic mass is 16.3. The zero-order valence-electron chi connectivity index (χ0n) is 12.8. The molecule has 0 spiro atoms. The van der Waals surface area contributed by atoms with Crippen LogP contribution >= 0.6 is 0 Å². The van der Waals surface area contributed by atoms with Crippen LogP contribution < -0.4 is 22.0 Å². The minimum absolute atomic E-state index is 0.132. The lowest BCUT2D eigenvalue weighted by atomic mass is 10.1. The van der Waals surface area contributed by atoms with Crippen molar-refractivity contribution in [3.05, 3.63) is 76.4 Å². The molecule has 2 aromatic carbocycles. The van der Waals surface area contributed by atoms with Crippen LogP contribution in [0.1, 0.15) is 11.1 Å². The fraction of sp³-hybridized carbons (Fsp3) is 0. The Morgan fingerprint density at radius 3 is 1.92 bits per heavy atom. The van der Waals surface area contributed by atoms with Gasteiger partial charge >= 0.3 is 0 Å². The van der Waals surface area contributed by atoms with Gasteiger partial charge in [0.05, 0.1) is 22.9 Å². The summed E-state index contributed by atoms with van der Waals surface area (Å²) < 4.78 is 0. The van der Waals surface area contributed by atoms with Crippen LogP contribution in [-0.2, 0) is 0 Å². The lowest BCUT2D eigenvalue weighted by Crippen LogP contribution is -2.32. The quantitative estimate of drug-likeness (QED) is 0.570. The molecule has 0 aliphatic carbocycles. The van der Waals surface area contributed by atoms with Gasteiger partial charge in [0.15, 0.2) is 0 Å². The summed E-state index contributed by atoms with van der Waals surface area (Å²) in [7, 11) is 0. The number of benzene rings is 2. The van der Waals surface area contributed by atoms with Gasteiger partial charge in [0.1, 0.15) is 11.5 Å². The van der Waals surface area contributed by atoms with Gasteiger partial charge in [0.2, 0.25) is 0 Å². The van der Waals surface area contributed by atoms with E-state index >= 15 is 0 Å². The van der Waals surface area contributed by atoms with Crippen molar-refractivity contribution in [2.45, 2.75) is 0 Å². The van der Waals surface area contributed by atoms with Crippen LogP contribution in [0, 0.1) is 0 Å². The standard InChI is InChI=1S/C19H17N3O2/c20-15-11-22-16(10-13-6-2-4-8-18(13)24)14(19(15)21)9-12-5-1-3-7-17(12)23/h1-11,23-24H,20-21H2. The van der Waals surface area contributed by atoms with Gasteiger partial charge in [0, 0.05) is 16.3 Å². The predicted molar refractivity (Wildman–Crippen MR) is 95.7 cm³/mol. The van der Waals surface area contributed by atoms with E-state index in [0.717, 1.165) is 0 Å². The van der Waals surface area contributed by atoms with E-state index in [-0.39, 0.29) is 11.5 Å². The summed E-state index contributed by atoms with van der Waals surface area (Å²) in [6.45, 7) is 0. The first-order valence-corrected chi connectivity index (χ1v) is 7.35. The summed E-state index contributed by atoms with van der Waals surface area (Å²) in [4.78, 5) is 4.32. The fourth-order valence-electron chi connectivity index (χ4n) is 2.36. The molecular formula is C19H17N3O2. The van der Waals surface area contributed by atoms with Crippen molar-refractivity contribution in [3.8, 4) is 11.5 Å². The highest BCUT2D eigenvalue weighted by Gasteiger charge is 2.03. The number of pyridine rings is 1. The van der Waals surface area contributed by atoms with E-state index < -0.39 is 0 Å². The first-order valence-electron chi connectivity index (χ1n) is 7.35. The average molecular weight is 319 g/mol. The Kier molecular flexibility index (Phi) is 4.07. The minimum atomic E-state index is 0.132. The molecule has 0 aliphatic heterocycles. The number of aromatic hydroxyl groups is 2. The number of anilines is 2. The van der Waals surface area contributed by atoms with Gasteiger partial charge in [-0.25, -0.2) is 0 Å². The molecule has 3 aromatic rings. The molecule has 0 unspecified atom stereocenters. The number of nitrogens with zero attached hydrogens (tertiary/aromatic N) is 1. The normalized spacial score (nSPS) is 12.5. The average Bonchev–Trinajstić information content (AvgIpc) is 2.58. The first-order chi connectivity index (χ1) is 11.6. The van der Waals surface area contributed by atoms with Crippen molar-refractivity contribution in [1.82, 2.24) is 4.98 Å². The Balaban J connectivity index is 2.32. The summed E-state index contributed by atoms with van der Waals surface area (Å²) in [5, 5.41) is 21.1. The minimum Gasteiger partial charge on any atom is -0.507 e. The topological polar surface area (TPSA) is 105 Å². The third-order valence-electron chi connectivity index (χ3n) is 3.69. The molecule has 0 bridgehead atoms. The largest absolute Gasteiger partial charge is 0.507 e. The maximum absolute atomic E-state index is 9.98. The van der Waals surface area contributed by atoms with E-state index in [9.17, 15) is 10.2 Å². The van der Waals surface area contributed by atoms with E-state index in [0.29, 0.717) is 33.1 Å². The second kappa shape index (κ2) is 6.34. The van der Waals surface area contributed by atoms with Crippen LogP contribution in [0.5, 0.6) is 11.5 Å². The van der Waals surface area contributed by atoms with Crippen molar-refractivity contribution in [3.63, 3.8) is 0 Å². The Bertz CT molecular complexity index is 1010. The van der Waals surface area contributed by atoms with Gasteiger partial charge in [-0.3, -0.25) is 4.98 Å². The second-order valence-electron chi connectivity index (χ2n) is 5.33. The Morgan fingerprint density at radius 1 is 0.792 bits per heavy atom. The van der Waals surface area contributed by atoms with Crippen LogP contribution in [0.2, 0.25) is 0 Å². The number of nitrogens with two attached hydrogens (primary N) is 2. The Morgan fingerprint density at radius 2 is 1.33 bits per heavy atom. The Labute approximate surface area is 138 Å². The van der Waals surface area contributed by atoms with E-state index in [1.165, 1.54) is 6.20 Å². The van der Waals surface area contributed by atoms with Crippen molar-refractivity contribution in [1.29, 1.82) is 0 Å². The molecule has 120 valence electrons. The molecule has 0 saturated carbocycles. The number of para-hydroxylation sites is 2. The summed E-state index contributed by atoms with van der Waals surface area (Å²) in [6, 6.07) is 13.8. The predicted octanol–water partition coefficient (Wildman–Crippen LogP) is 1.31. The number of hydrogen-bond donors (Lipinski definition) is 4. The van der Waals surface area contributed by atoms with E-state index in [1.54, 1.807) is 48.6 Å². The van der Waals surface area contributed by atoms with Gasteiger partial charge < -0.3 is 21.7 Å². The molecule has 5 nitrogen and oxygen atoms in total. The third-order valence-corrected chi connectivity index (χ3v) is 3.69.